The largest absolute Gasteiger partial charge is 0.573 e. The van der Waals surface area contributed by atoms with Crippen molar-refractivity contribution in [2.45, 2.75) is 6.36 Å². The zero-order chi connectivity index (χ0) is 23.5. The molecule has 0 saturated heterocycles. The molecule has 10 heteroatoms. The number of hydrazone groups is 1. The molecule has 2 aromatic carbocycles. The minimum atomic E-state index is -4.73. The number of halogens is 3. The van der Waals surface area contributed by atoms with Crippen molar-refractivity contribution >= 4 is 23.0 Å². The average Bonchev–Trinajstić information content (AvgIpc) is 3.25. The highest BCUT2D eigenvalue weighted by atomic mass is 19.4. The predicted molar refractivity (Wildman–Crippen MR) is 119 cm³/mol. The van der Waals surface area contributed by atoms with Crippen LogP contribution in [0.15, 0.2) is 88.8 Å². The number of hydrogen-bond acceptors (Lipinski definition) is 7. The molecular formula is C24H17F3N4O3. The van der Waals surface area contributed by atoms with Crippen molar-refractivity contribution in [3.63, 3.8) is 0 Å². The summed E-state index contributed by atoms with van der Waals surface area (Å²) in [5.74, 6) is 0.677. The molecule has 172 valence electrons. The fourth-order valence-electron chi connectivity index (χ4n) is 3.39. The molecule has 0 fully saturated rings. The average molecular weight is 466 g/mol. The fourth-order valence-corrected chi connectivity index (χ4v) is 3.39. The van der Waals surface area contributed by atoms with Gasteiger partial charge >= 0.3 is 6.36 Å². The Morgan fingerprint density at radius 2 is 1.82 bits per heavy atom. The number of aromatic nitrogens is 2. The molecule has 0 amide bonds. The van der Waals surface area contributed by atoms with E-state index in [1.54, 1.807) is 41.7 Å². The lowest BCUT2D eigenvalue weighted by Crippen LogP contribution is -2.20. The van der Waals surface area contributed by atoms with Crippen LogP contribution in [0.5, 0.6) is 11.6 Å². The molecule has 3 heterocycles. The van der Waals surface area contributed by atoms with Crippen LogP contribution in [0.1, 0.15) is 0 Å². The highest BCUT2D eigenvalue weighted by Crippen LogP contribution is 2.32. The molecule has 1 aliphatic heterocycles. The van der Waals surface area contributed by atoms with E-state index < -0.39 is 6.36 Å². The van der Waals surface area contributed by atoms with Gasteiger partial charge in [0.25, 0.3) is 5.88 Å². The lowest BCUT2D eigenvalue weighted by Gasteiger charge is -2.19. The number of ether oxygens (including phenoxy) is 2. The number of alkyl halides is 3. The molecule has 34 heavy (non-hydrogen) atoms. The van der Waals surface area contributed by atoms with Crippen LogP contribution in [-0.4, -0.2) is 29.3 Å². The summed E-state index contributed by atoms with van der Waals surface area (Å²) >= 11 is 0. The van der Waals surface area contributed by atoms with Gasteiger partial charge in [0, 0.05) is 18.6 Å². The molecule has 0 N–H and O–H groups in total. The van der Waals surface area contributed by atoms with Crippen molar-refractivity contribution in [1.82, 2.24) is 10.1 Å². The van der Waals surface area contributed by atoms with E-state index in [4.69, 9.17) is 9.26 Å². The minimum absolute atomic E-state index is 0.0731. The second kappa shape index (κ2) is 8.89. The molecule has 7 nitrogen and oxygen atoms in total. The van der Waals surface area contributed by atoms with E-state index in [9.17, 15) is 13.2 Å². The molecule has 0 aliphatic carbocycles. The monoisotopic (exact) mass is 466 g/mol. The van der Waals surface area contributed by atoms with E-state index in [1.807, 2.05) is 36.5 Å². The van der Waals surface area contributed by atoms with Crippen LogP contribution in [0.25, 0.3) is 22.1 Å². The van der Waals surface area contributed by atoms with E-state index in [0.717, 1.165) is 5.56 Å². The van der Waals surface area contributed by atoms with Crippen molar-refractivity contribution in [3.8, 4) is 22.8 Å². The normalized spacial score (nSPS) is 15.6. The number of fused-ring (bicyclic) bond motifs is 1. The summed E-state index contributed by atoms with van der Waals surface area (Å²) in [5.41, 5.74) is 2.01. The lowest BCUT2D eigenvalue weighted by atomic mass is 10.0. The Balaban J connectivity index is 1.27. The van der Waals surface area contributed by atoms with Crippen LogP contribution in [0, 0.1) is 5.92 Å². The van der Waals surface area contributed by atoms with E-state index in [-0.39, 0.29) is 11.7 Å². The van der Waals surface area contributed by atoms with Gasteiger partial charge in [0.1, 0.15) is 12.4 Å². The quantitative estimate of drug-likeness (QED) is 0.358. The number of nitrogens with zero attached hydrogens (tertiary/aromatic N) is 4. The van der Waals surface area contributed by atoms with E-state index in [0.29, 0.717) is 34.8 Å². The minimum Gasteiger partial charge on any atom is -0.474 e. The number of anilines is 1. The zero-order valence-corrected chi connectivity index (χ0v) is 17.5. The lowest BCUT2D eigenvalue weighted by molar-refractivity contribution is -0.274. The molecule has 0 spiro atoms. The third kappa shape index (κ3) is 4.85. The van der Waals surface area contributed by atoms with Crippen molar-refractivity contribution < 1.29 is 27.2 Å². The molecule has 1 aliphatic rings. The molecule has 1 atom stereocenters. The first-order valence-corrected chi connectivity index (χ1v) is 10.3. The third-order valence-corrected chi connectivity index (χ3v) is 5.01. The van der Waals surface area contributed by atoms with Crippen molar-refractivity contribution in [1.29, 1.82) is 0 Å². The summed E-state index contributed by atoms with van der Waals surface area (Å²) in [4.78, 5) is 4.25. The van der Waals surface area contributed by atoms with Gasteiger partial charge in [0.05, 0.1) is 11.3 Å². The van der Waals surface area contributed by atoms with Gasteiger partial charge in [-0.15, -0.1) is 13.2 Å². The number of benzene rings is 2. The highest BCUT2D eigenvalue weighted by molar-refractivity contribution is 5.87. The second-order valence-corrected chi connectivity index (χ2v) is 7.38. The van der Waals surface area contributed by atoms with Gasteiger partial charge in [-0.05, 0) is 52.7 Å². The first kappa shape index (κ1) is 21.5. The fraction of sp³-hybridized carbons (Fsp3) is 0.125. The van der Waals surface area contributed by atoms with E-state index in [2.05, 4.69) is 20.0 Å². The number of pyridine rings is 1. The summed E-state index contributed by atoms with van der Waals surface area (Å²) in [7, 11) is 0. The van der Waals surface area contributed by atoms with Crippen LogP contribution < -0.4 is 14.5 Å². The molecule has 0 bridgehead atoms. The van der Waals surface area contributed by atoms with Crippen molar-refractivity contribution in [3.05, 3.63) is 79.1 Å². The summed E-state index contributed by atoms with van der Waals surface area (Å²) in [6.45, 7) is 0.297. The molecule has 2 aromatic heterocycles. The molecule has 0 saturated carbocycles. The van der Waals surface area contributed by atoms with Gasteiger partial charge in [-0.1, -0.05) is 30.3 Å². The first-order valence-electron chi connectivity index (χ1n) is 10.3. The Morgan fingerprint density at radius 3 is 2.53 bits per heavy atom. The van der Waals surface area contributed by atoms with Gasteiger partial charge in [-0.3, -0.25) is 0 Å². The maximum atomic E-state index is 12.4. The van der Waals surface area contributed by atoms with E-state index in [1.165, 1.54) is 12.1 Å². The van der Waals surface area contributed by atoms with Crippen LogP contribution >= 0.6 is 0 Å². The Bertz CT molecular complexity index is 1320. The summed E-state index contributed by atoms with van der Waals surface area (Å²) in [6.07, 6.45) is 2.49. The summed E-state index contributed by atoms with van der Waals surface area (Å²) in [6, 6.07) is 16.5. The zero-order valence-electron chi connectivity index (χ0n) is 17.5. The van der Waals surface area contributed by atoms with Gasteiger partial charge in [0.15, 0.2) is 11.4 Å². The Morgan fingerprint density at radius 1 is 1.00 bits per heavy atom. The number of hydrogen-bond donors (Lipinski definition) is 0. The maximum absolute atomic E-state index is 12.4. The summed E-state index contributed by atoms with van der Waals surface area (Å²) in [5, 5.41) is 10.7. The van der Waals surface area contributed by atoms with Crippen molar-refractivity contribution in [2.24, 2.45) is 11.0 Å². The second-order valence-electron chi connectivity index (χ2n) is 7.38. The Labute approximate surface area is 191 Å². The molecular weight excluding hydrogens is 449 g/mol. The van der Waals surface area contributed by atoms with Crippen LogP contribution in [0.3, 0.4) is 0 Å². The predicted octanol–water partition coefficient (Wildman–Crippen LogP) is 5.80. The topological polar surface area (TPSA) is 73.0 Å². The van der Waals surface area contributed by atoms with Gasteiger partial charge in [0.2, 0.25) is 0 Å². The van der Waals surface area contributed by atoms with Crippen molar-refractivity contribution in [2.75, 3.05) is 11.6 Å². The molecule has 4 aromatic rings. The van der Waals surface area contributed by atoms with Gasteiger partial charge < -0.3 is 14.0 Å². The Kier molecular flexibility index (Phi) is 5.62. The molecule has 0 radical (unpaired) electrons. The van der Waals surface area contributed by atoms with Crippen LogP contribution in [0.2, 0.25) is 0 Å². The van der Waals surface area contributed by atoms with Gasteiger partial charge in [-0.2, -0.15) is 5.10 Å². The van der Waals surface area contributed by atoms with E-state index >= 15 is 0 Å². The third-order valence-electron chi connectivity index (χ3n) is 5.01. The molecule has 5 rings (SSSR count). The molecule has 1 unspecified atom stereocenters. The maximum Gasteiger partial charge on any atom is 0.573 e. The smallest absolute Gasteiger partial charge is 0.474 e. The standard InChI is InChI=1S/C24H17F3N4O3/c25-24(26,27)33-19-7-4-17(5-8-19)18-6-9-21-20(13-18)23(30-34-21)32-15-16-10-12-31(29-14-16)22-3-1-2-11-28-22/h1-14,16H,15H2. The van der Waals surface area contributed by atoms with Crippen LogP contribution in [0.4, 0.5) is 19.0 Å². The van der Waals surface area contributed by atoms with Crippen LogP contribution in [-0.2, 0) is 0 Å². The number of rotatable bonds is 6. The first-order chi connectivity index (χ1) is 16.4. The summed E-state index contributed by atoms with van der Waals surface area (Å²) < 4.78 is 52.3. The Hall–Kier alpha value is -4.34. The SMILES string of the molecule is FC(F)(F)Oc1ccc(-c2ccc3onc(OCC4C=CN(c5ccccn5)N=C4)c3c2)cc1. The van der Waals surface area contributed by atoms with Gasteiger partial charge in [-0.25, -0.2) is 9.99 Å². The highest BCUT2D eigenvalue weighted by Gasteiger charge is 2.31.